The van der Waals surface area contributed by atoms with Crippen LogP contribution in [0.25, 0.3) is 11.2 Å². The minimum Gasteiger partial charge on any atom is -0.377 e. The Morgan fingerprint density at radius 1 is 0.971 bits per heavy atom. The van der Waals surface area contributed by atoms with E-state index >= 15 is 0 Å². The van der Waals surface area contributed by atoms with E-state index in [1.54, 1.807) is 12.4 Å². The molecule has 0 atom stereocenters. The van der Waals surface area contributed by atoms with Crippen molar-refractivity contribution in [3.63, 3.8) is 0 Å². The van der Waals surface area contributed by atoms with Crippen LogP contribution >= 0.6 is 0 Å². The molecular formula is C21H21F3N8O2. The number of anilines is 2. The maximum absolute atomic E-state index is 13.3. The first-order chi connectivity index (χ1) is 16.3. The van der Waals surface area contributed by atoms with Crippen LogP contribution in [-0.4, -0.2) is 68.5 Å². The quantitative estimate of drug-likeness (QED) is 0.570. The van der Waals surface area contributed by atoms with Crippen LogP contribution in [0.15, 0.2) is 24.8 Å². The normalized spacial score (nSPS) is 21.0. The Morgan fingerprint density at radius 2 is 1.74 bits per heavy atom. The molecule has 178 valence electrons. The summed E-state index contributed by atoms with van der Waals surface area (Å²) in [5, 5.41) is 4.39. The van der Waals surface area contributed by atoms with E-state index in [4.69, 9.17) is 9.72 Å². The first-order valence-corrected chi connectivity index (χ1v) is 11.1. The van der Waals surface area contributed by atoms with Crippen molar-refractivity contribution >= 4 is 28.7 Å². The molecule has 1 spiro atoms. The summed E-state index contributed by atoms with van der Waals surface area (Å²) in [6.07, 6.45) is 2.38. The van der Waals surface area contributed by atoms with Crippen LogP contribution in [0.3, 0.4) is 0 Å². The second-order valence-electron chi connectivity index (χ2n) is 8.95. The molecule has 3 saturated heterocycles. The molecule has 6 rings (SSSR count). The number of hydrogen-bond donors (Lipinski definition) is 0. The van der Waals surface area contributed by atoms with Gasteiger partial charge in [0.2, 0.25) is 5.91 Å². The molecule has 3 aliphatic heterocycles. The molecule has 13 heteroatoms. The molecular weight excluding hydrogens is 453 g/mol. The minimum absolute atomic E-state index is 0.0521. The zero-order valence-electron chi connectivity index (χ0n) is 18.1. The zero-order chi connectivity index (χ0) is 23.5. The number of nitrogens with zero attached hydrogens (tertiary/aromatic N) is 8. The van der Waals surface area contributed by atoms with Gasteiger partial charge in [-0.15, -0.1) is 0 Å². The topological polar surface area (TPSA) is 102 Å². The van der Waals surface area contributed by atoms with Crippen molar-refractivity contribution in [2.24, 2.45) is 5.41 Å². The smallest absolute Gasteiger partial charge is 0.377 e. The first-order valence-electron chi connectivity index (χ1n) is 11.1. The predicted octanol–water partition coefficient (Wildman–Crippen LogP) is 2.23. The predicted molar refractivity (Wildman–Crippen MR) is 113 cm³/mol. The summed E-state index contributed by atoms with van der Waals surface area (Å²) in [5.41, 5.74) is -0.296. The second-order valence-corrected chi connectivity index (χ2v) is 8.95. The van der Waals surface area contributed by atoms with Crippen LogP contribution < -0.4 is 9.80 Å². The van der Waals surface area contributed by atoms with Crippen LogP contribution in [0, 0.1) is 5.41 Å². The van der Waals surface area contributed by atoms with Crippen LogP contribution in [0.2, 0.25) is 0 Å². The summed E-state index contributed by atoms with van der Waals surface area (Å²) in [6.45, 7) is 2.71. The Hall–Kier alpha value is -3.35. The Labute approximate surface area is 191 Å². The van der Waals surface area contributed by atoms with E-state index in [-0.39, 0.29) is 17.8 Å². The minimum atomic E-state index is -4.61. The van der Waals surface area contributed by atoms with Crippen molar-refractivity contribution < 1.29 is 22.7 Å². The fraction of sp³-hybridized carbons (Fsp3) is 0.524. The summed E-state index contributed by atoms with van der Waals surface area (Å²) in [7, 11) is 0. The van der Waals surface area contributed by atoms with Crippen molar-refractivity contribution in [1.29, 1.82) is 0 Å². The van der Waals surface area contributed by atoms with Gasteiger partial charge in [0.25, 0.3) is 0 Å². The van der Waals surface area contributed by atoms with E-state index in [1.807, 2.05) is 4.68 Å². The molecule has 0 unspecified atom stereocenters. The van der Waals surface area contributed by atoms with Crippen molar-refractivity contribution in [2.75, 3.05) is 42.6 Å². The Kier molecular flexibility index (Phi) is 4.73. The van der Waals surface area contributed by atoms with E-state index < -0.39 is 17.3 Å². The molecule has 0 N–H and O–H groups in total. The van der Waals surface area contributed by atoms with Gasteiger partial charge in [-0.05, 0) is 19.3 Å². The molecule has 1 amide bonds. The van der Waals surface area contributed by atoms with Crippen LogP contribution in [0.4, 0.5) is 24.8 Å². The fourth-order valence-electron chi connectivity index (χ4n) is 4.88. The van der Waals surface area contributed by atoms with Gasteiger partial charge in [0.05, 0.1) is 43.4 Å². The number of carbonyl (C=O) groups excluding carboxylic acids is 1. The molecule has 3 aliphatic rings. The highest BCUT2D eigenvalue weighted by Crippen LogP contribution is 2.43. The lowest BCUT2D eigenvalue weighted by molar-refractivity contribution is -0.141. The summed E-state index contributed by atoms with van der Waals surface area (Å²) in [4.78, 5) is 33.3. The largest absolute Gasteiger partial charge is 0.434 e. The van der Waals surface area contributed by atoms with Gasteiger partial charge < -0.3 is 9.64 Å². The summed E-state index contributed by atoms with van der Waals surface area (Å²) in [5.74, 6) is 0.476. The maximum atomic E-state index is 13.3. The SMILES string of the molecule is O=C1N(c2cncc(C(F)(F)F)n2)CCC12CCN(c1cnc3cnn(C4COC4)c3n1)CC2. The highest BCUT2D eigenvalue weighted by molar-refractivity contribution is 5.99. The number of halogens is 3. The number of fused-ring (bicyclic) bond motifs is 1. The van der Waals surface area contributed by atoms with E-state index in [0.29, 0.717) is 69.5 Å². The monoisotopic (exact) mass is 474 g/mol. The van der Waals surface area contributed by atoms with E-state index in [1.165, 1.54) is 11.1 Å². The maximum Gasteiger partial charge on any atom is 0.434 e. The van der Waals surface area contributed by atoms with Gasteiger partial charge in [0.15, 0.2) is 17.2 Å². The van der Waals surface area contributed by atoms with Crippen molar-refractivity contribution in [3.05, 3.63) is 30.5 Å². The summed E-state index contributed by atoms with van der Waals surface area (Å²) < 4.78 is 46.2. The lowest BCUT2D eigenvalue weighted by Crippen LogP contribution is -2.45. The third-order valence-corrected chi connectivity index (χ3v) is 7.00. The van der Waals surface area contributed by atoms with E-state index in [0.717, 1.165) is 5.82 Å². The number of ether oxygens (including phenoxy) is 1. The first kappa shape index (κ1) is 21.2. The molecule has 3 aromatic rings. The molecule has 6 heterocycles. The molecule has 34 heavy (non-hydrogen) atoms. The second kappa shape index (κ2) is 7.58. The molecule has 0 aliphatic carbocycles. The van der Waals surface area contributed by atoms with Crippen LogP contribution in [-0.2, 0) is 15.7 Å². The average molecular weight is 474 g/mol. The Balaban J connectivity index is 1.18. The number of hydrogen-bond acceptors (Lipinski definition) is 8. The van der Waals surface area contributed by atoms with Gasteiger partial charge in [-0.25, -0.2) is 19.6 Å². The van der Waals surface area contributed by atoms with E-state index in [2.05, 4.69) is 25.0 Å². The highest BCUT2D eigenvalue weighted by atomic mass is 19.4. The average Bonchev–Trinajstić information content (AvgIpc) is 3.34. The molecule has 3 aromatic heterocycles. The zero-order valence-corrected chi connectivity index (χ0v) is 18.1. The molecule has 10 nitrogen and oxygen atoms in total. The molecule has 0 bridgehead atoms. The van der Waals surface area contributed by atoms with E-state index in [9.17, 15) is 18.0 Å². The Bertz CT molecular complexity index is 1250. The lowest BCUT2D eigenvalue weighted by atomic mass is 9.77. The van der Waals surface area contributed by atoms with Crippen LogP contribution in [0.1, 0.15) is 31.0 Å². The third kappa shape index (κ3) is 3.37. The summed E-state index contributed by atoms with van der Waals surface area (Å²) >= 11 is 0. The van der Waals surface area contributed by atoms with Gasteiger partial charge in [-0.2, -0.15) is 18.3 Å². The van der Waals surface area contributed by atoms with Gasteiger partial charge >= 0.3 is 6.18 Å². The number of aromatic nitrogens is 6. The lowest BCUT2D eigenvalue weighted by Gasteiger charge is -2.38. The molecule has 3 fully saturated rings. The number of carbonyl (C=O) groups is 1. The molecule has 0 radical (unpaired) electrons. The van der Waals surface area contributed by atoms with Gasteiger partial charge in [-0.3, -0.25) is 14.7 Å². The number of rotatable bonds is 3. The Morgan fingerprint density at radius 3 is 2.44 bits per heavy atom. The molecule has 0 saturated carbocycles. The van der Waals surface area contributed by atoms with Crippen molar-refractivity contribution in [2.45, 2.75) is 31.5 Å². The third-order valence-electron chi connectivity index (χ3n) is 7.00. The van der Waals surface area contributed by atoms with Crippen molar-refractivity contribution in [3.8, 4) is 0 Å². The molecule has 0 aromatic carbocycles. The number of piperidine rings is 1. The standard InChI is InChI=1S/C21H21F3N8O2/c22-21(23,24)15-8-25-9-17(28-15)31-6-3-20(19(31)33)1-4-30(5-2-20)16-10-26-14-7-27-32(18(14)29-16)13-11-34-12-13/h7-10,13H,1-6,11-12H2. The van der Waals surface area contributed by atoms with Crippen LogP contribution in [0.5, 0.6) is 0 Å². The van der Waals surface area contributed by atoms with Gasteiger partial charge in [0, 0.05) is 19.6 Å². The van der Waals surface area contributed by atoms with Gasteiger partial charge in [0.1, 0.15) is 17.4 Å². The highest BCUT2D eigenvalue weighted by Gasteiger charge is 2.49. The fourth-order valence-corrected chi connectivity index (χ4v) is 4.88. The van der Waals surface area contributed by atoms with Crippen molar-refractivity contribution in [1.82, 2.24) is 29.7 Å². The van der Waals surface area contributed by atoms with Gasteiger partial charge in [-0.1, -0.05) is 0 Å². The number of alkyl halides is 3. The summed E-state index contributed by atoms with van der Waals surface area (Å²) in [6, 6.07) is 0.160. The number of amides is 1.